The summed E-state index contributed by atoms with van der Waals surface area (Å²) in [5.41, 5.74) is -0.127. The Labute approximate surface area is 114 Å². The molecular formula is C11H12ClN5O2. The van der Waals surface area contributed by atoms with E-state index >= 15 is 0 Å². The Hall–Kier alpha value is -2.15. The second-order valence-corrected chi connectivity index (χ2v) is 4.49. The van der Waals surface area contributed by atoms with E-state index in [2.05, 4.69) is 15.3 Å². The summed E-state index contributed by atoms with van der Waals surface area (Å²) in [6.07, 6.45) is 6.44. The second-order valence-electron chi connectivity index (χ2n) is 4.09. The van der Waals surface area contributed by atoms with Gasteiger partial charge in [-0.3, -0.25) is 10.1 Å². The van der Waals surface area contributed by atoms with Crippen LogP contribution in [0.2, 0.25) is 5.02 Å². The van der Waals surface area contributed by atoms with Crippen LogP contribution in [0, 0.1) is 10.1 Å². The van der Waals surface area contributed by atoms with E-state index in [1.807, 2.05) is 17.7 Å². The zero-order valence-corrected chi connectivity index (χ0v) is 10.9. The van der Waals surface area contributed by atoms with E-state index in [9.17, 15) is 10.1 Å². The zero-order valence-electron chi connectivity index (χ0n) is 10.2. The fourth-order valence-corrected chi connectivity index (χ4v) is 1.84. The first-order valence-corrected chi connectivity index (χ1v) is 5.96. The van der Waals surface area contributed by atoms with Crippen molar-refractivity contribution in [2.24, 2.45) is 0 Å². The first-order valence-electron chi connectivity index (χ1n) is 5.58. The van der Waals surface area contributed by atoms with Crippen LogP contribution in [0.1, 0.15) is 6.92 Å². The lowest BCUT2D eigenvalue weighted by molar-refractivity contribution is -0.385. The molecule has 0 amide bonds. The van der Waals surface area contributed by atoms with E-state index in [1.54, 1.807) is 12.5 Å². The number of halogens is 1. The van der Waals surface area contributed by atoms with Crippen LogP contribution >= 0.6 is 11.6 Å². The van der Waals surface area contributed by atoms with Crippen LogP contribution in [0.5, 0.6) is 0 Å². The molecular weight excluding hydrogens is 270 g/mol. The zero-order chi connectivity index (χ0) is 13.8. The first kappa shape index (κ1) is 13.3. The van der Waals surface area contributed by atoms with Gasteiger partial charge in [-0.25, -0.2) is 9.97 Å². The van der Waals surface area contributed by atoms with Crippen LogP contribution < -0.4 is 5.32 Å². The van der Waals surface area contributed by atoms with Crippen LogP contribution in [0.4, 0.5) is 11.5 Å². The van der Waals surface area contributed by atoms with E-state index in [-0.39, 0.29) is 16.8 Å². The summed E-state index contributed by atoms with van der Waals surface area (Å²) < 4.78 is 1.91. The van der Waals surface area contributed by atoms with Gasteiger partial charge >= 0.3 is 0 Å². The van der Waals surface area contributed by atoms with Gasteiger partial charge in [0.2, 0.25) is 0 Å². The van der Waals surface area contributed by atoms with Gasteiger partial charge in [-0.05, 0) is 6.92 Å². The van der Waals surface area contributed by atoms with Gasteiger partial charge in [0.05, 0.1) is 16.3 Å². The van der Waals surface area contributed by atoms with Crippen LogP contribution in [-0.2, 0) is 6.54 Å². The van der Waals surface area contributed by atoms with E-state index in [0.717, 1.165) is 0 Å². The van der Waals surface area contributed by atoms with Crippen molar-refractivity contribution in [2.45, 2.75) is 19.5 Å². The van der Waals surface area contributed by atoms with Gasteiger partial charge in [0.1, 0.15) is 12.0 Å². The van der Waals surface area contributed by atoms with E-state index < -0.39 is 4.92 Å². The summed E-state index contributed by atoms with van der Waals surface area (Å²) in [7, 11) is 0. The molecule has 2 heterocycles. The summed E-state index contributed by atoms with van der Waals surface area (Å²) >= 11 is 5.95. The normalized spacial score (nSPS) is 12.1. The standard InChI is InChI=1S/C11H12ClN5O2/c1-8(6-16-3-2-13-7-16)15-11-10(12)4-9(5-14-11)17(18)19/h2-5,7-8H,6H2,1H3,(H,14,15). The van der Waals surface area contributed by atoms with Crippen molar-refractivity contribution in [1.82, 2.24) is 14.5 Å². The van der Waals surface area contributed by atoms with Crippen LogP contribution in [0.25, 0.3) is 0 Å². The SMILES string of the molecule is CC(Cn1ccnc1)Nc1ncc([N+](=O)[O-])cc1Cl. The Morgan fingerprint density at radius 3 is 3.00 bits per heavy atom. The molecule has 100 valence electrons. The quantitative estimate of drug-likeness (QED) is 0.671. The Kier molecular flexibility index (Phi) is 3.96. The lowest BCUT2D eigenvalue weighted by Crippen LogP contribution is -2.22. The Balaban J connectivity index is 2.04. The predicted molar refractivity (Wildman–Crippen MR) is 71.2 cm³/mol. The minimum absolute atomic E-state index is 0.0562. The predicted octanol–water partition coefficient (Wildman–Crippen LogP) is 2.34. The molecule has 0 aliphatic rings. The maximum absolute atomic E-state index is 10.6. The van der Waals surface area contributed by atoms with Gasteiger partial charge in [-0.15, -0.1) is 0 Å². The van der Waals surface area contributed by atoms with Gasteiger partial charge in [-0.1, -0.05) is 11.6 Å². The van der Waals surface area contributed by atoms with Crippen molar-refractivity contribution in [3.63, 3.8) is 0 Å². The van der Waals surface area contributed by atoms with E-state index in [0.29, 0.717) is 12.4 Å². The molecule has 8 heteroatoms. The monoisotopic (exact) mass is 281 g/mol. The maximum Gasteiger partial charge on any atom is 0.289 e. The molecule has 2 aromatic heterocycles. The van der Waals surface area contributed by atoms with E-state index in [1.165, 1.54) is 12.3 Å². The van der Waals surface area contributed by atoms with Gasteiger partial charge < -0.3 is 9.88 Å². The van der Waals surface area contributed by atoms with Crippen molar-refractivity contribution < 1.29 is 4.92 Å². The Bertz CT molecular complexity index is 572. The van der Waals surface area contributed by atoms with Crippen molar-refractivity contribution in [3.8, 4) is 0 Å². The minimum atomic E-state index is -0.530. The second kappa shape index (κ2) is 5.66. The highest BCUT2D eigenvalue weighted by Gasteiger charge is 2.12. The minimum Gasteiger partial charge on any atom is -0.365 e. The van der Waals surface area contributed by atoms with E-state index in [4.69, 9.17) is 11.6 Å². The third-order valence-corrected chi connectivity index (χ3v) is 2.75. The van der Waals surface area contributed by atoms with Crippen LogP contribution in [0.3, 0.4) is 0 Å². The number of imidazole rings is 1. The van der Waals surface area contributed by atoms with Crippen LogP contribution in [-0.4, -0.2) is 25.5 Å². The number of nitro groups is 1. The van der Waals surface area contributed by atoms with Crippen molar-refractivity contribution >= 4 is 23.1 Å². The van der Waals surface area contributed by atoms with Gasteiger partial charge in [-0.2, -0.15) is 0 Å². The number of pyridine rings is 1. The highest BCUT2D eigenvalue weighted by Crippen LogP contribution is 2.24. The largest absolute Gasteiger partial charge is 0.365 e. The van der Waals surface area contributed by atoms with Gasteiger partial charge in [0.15, 0.2) is 0 Å². The lowest BCUT2D eigenvalue weighted by atomic mass is 10.3. The molecule has 0 saturated heterocycles. The smallest absolute Gasteiger partial charge is 0.289 e. The molecule has 1 atom stereocenters. The molecule has 0 radical (unpaired) electrons. The highest BCUT2D eigenvalue weighted by molar-refractivity contribution is 6.33. The molecule has 0 spiro atoms. The number of hydrogen-bond donors (Lipinski definition) is 1. The van der Waals surface area contributed by atoms with Crippen LogP contribution in [0.15, 0.2) is 31.0 Å². The molecule has 0 fully saturated rings. The molecule has 1 unspecified atom stereocenters. The summed E-state index contributed by atoms with van der Waals surface area (Å²) in [6, 6.07) is 1.33. The number of rotatable bonds is 5. The van der Waals surface area contributed by atoms with Crippen molar-refractivity contribution in [2.75, 3.05) is 5.32 Å². The first-order chi connectivity index (χ1) is 9.06. The van der Waals surface area contributed by atoms with Gasteiger partial charge in [0.25, 0.3) is 5.69 Å². The number of nitrogens with one attached hydrogen (secondary N) is 1. The Morgan fingerprint density at radius 2 is 2.42 bits per heavy atom. The molecule has 2 aromatic rings. The lowest BCUT2D eigenvalue weighted by Gasteiger charge is -2.15. The average molecular weight is 282 g/mol. The maximum atomic E-state index is 10.6. The summed E-state index contributed by atoms with van der Waals surface area (Å²) in [6.45, 7) is 2.65. The molecule has 0 aromatic carbocycles. The topological polar surface area (TPSA) is 85.9 Å². The molecule has 7 nitrogen and oxygen atoms in total. The van der Waals surface area contributed by atoms with Gasteiger partial charge in [0, 0.05) is 31.0 Å². The van der Waals surface area contributed by atoms with Crippen molar-refractivity contribution in [3.05, 3.63) is 46.1 Å². The molecule has 19 heavy (non-hydrogen) atoms. The third-order valence-electron chi connectivity index (χ3n) is 2.46. The highest BCUT2D eigenvalue weighted by atomic mass is 35.5. The molecule has 0 aliphatic heterocycles. The number of anilines is 1. The number of nitrogens with zero attached hydrogens (tertiary/aromatic N) is 4. The molecule has 0 saturated carbocycles. The third kappa shape index (κ3) is 3.41. The summed E-state index contributed by atoms with van der Waals surface area (Å²) in [5, 5.41) is 13.9. The molecule has 2 rings (SSSR count). The molecule has 0 aliphatic carbocycles. The Morgan fingerprint density at radius 1 is 1.63 bits per heavy atom. The average Bonchev–Trinajstić information content (AvgIpc) is 2.84. The summed E-state index contributed by atoms with van der Waals surface area (Å²) in [5.74, 6) is 0.430. The van der Waals surface area contributed by atoms with Crippen molar-refractivity contribution in [1.29, 1.82) is 0 Å². The fourth-order valence-electron chi connectivity index (χ4n) is 1.62. The number of aromatic nitrogens is 3. The summed E-state index contributed by atoms with van der Waals surface area (Å²) in [4.78, 5) is 18.0. The molecule has 0 bridgehead atoms. The fraction of sp³-hybridized carbons (Fsp3) is 0.273. The number of hydrogen-bond acceptors (Lipinski definition) is 5. The molecule has 1 N–H and O–H groups in total.